The van der Waals surface area contributed by atoms with E-state index in [0.717, 1.165) is 10.6 Å². The van der Waals surface area contributed by atoms with E-state index < -0.39 is 6.09 Å². The van der Waals surface area contributed by atoms with Gasteiger partial charge in [0.25, 0.3) is 11.8 Å². The van der Waals surface area contributed by atoms with Crippen LogP contribution < -0.4 is 4.90 Å². The summed E-state index contributed by atoms with van der Waals surface area (Å²) < 4.78 is 4.67. The number of carbonyl (C=O) groups is 3. The predicted molar refractivity (Wildman–Crippen MR) is 83.2 cm³/mol. The smallest absolute Gasteiger partial charge is 0.417 e. The van der Waals surface area contributed by atoms with E-state index in [4.69, 9.17) is 0 Å². The maximum absolute atomic E-state index is 12.4. The quantitative estimate of drug-likeness (QED) is 0.822. The normalized spacial score (nSPS) is 18.0. The third-order valence-electron chi connectivity index (χ3n) is 4.16. The van der Waals surface area contributed by atoms with Crippen LogP contribution in [0, 0.1) is 5.92 Å². The topological polar surface area (TPSA) is 70.2 Å². The van der Waals surface area contributed by atoms with E-state index in [9.17, 15) is 14.4 Å². The molecule has 0 bridgehead atoms. The van der Waals surface area contributed by atoms with Crippen molar-refractivity contribution in [1.82, 2.24) is 9.80 Å². The first-order valence-corrected chi connectivity index (χ1v) is 7.49. The van der Waals surface area contributed by atoms with Gasteiger partial charge in [0.05, 0.1) is 0 Å². The second kappa shape index (κ2) is 5.91. The summed E-state index contributed by atoms with van der Waals surface area (Å²) in [6.45, 7) is 1.24. The van der Waals surface area contributed by atoms with Gasteiger partial charge in [0.2, 0.25) is 0 Å². The third-order valence-corrected chi connectivity index (χ3v) is 4.16. The van der Waals surface area contributed by atoms with Crippen LogP contribution in [0.25, 0.3) is 0 Å². The lowest BCUT2D eigenvalue weighted by Crippen LogP contribution is -2.54. The van der Waals surface area contributed by atoms with Gasteiger partial charge in [0.1, 0.15) is 0 Å². The molecule has 2 aliphatic heterocycles. The highest BCUT2D eigenvalue weighted by Crippen LogP contribution is 2.22. The van der Waals surface area contributed by atoms with E-state index in [1.807, 2.05) is 43.3 Å². The first-order chi connectivity index (χ1) is 11.0. The minimum absolute atomic E-state index is 0.0260. The van der Waals surface area contributed by atoms with Crippen molar-refractivity contribution in [3.63, 3.8) is 0 Å². The van der Waals surface area contributed by atoms with Crippen LogP contribution in [0.4, 0.5) is 10.5 Å². The molecule has 3 amide bonds. The highest BCUT2D eigenvalue weighted by Gasteiger charge is 2.38. The Morgan fingerprint density at radius 2 is 1.87 bits per heavy atom. The van der Waals surface area contributed by atoms with Crippen molar-refractivity contribution in [2.75, 3.05) is 45.2 Å². The molecular weight excluding hydrogens is 298 g/mol. The van der Waals surface area contributed by atoms with E-state index in [1.165, 1.54) is 0 Å². The molecule has 0 radical (unpaired) electrons. The summed E-state index contributed by atoms with van der Waals surface area (Å²) in [7, 11) is 3.89. The summed E-state index contributed by atoms with van der Waals surface area (Å²) in [5.41, 5.74) is 1.68. The van der Waals surface area contributed by atoms with Gasteiger partial charge in [-0.25, -0.2) is 9.69 Å². The highest BCUT2D eigenvalue weighted by molar-refractivity contribution is 5.98. The molecule has 0 atom stereocenters. The van der Waals surface area contributed by atoms with Crippen molar-refractivity contribution in [3.05, 3.63) is 29.8 Å². The molecular formula is C16H19N3O4. The van der Waals surface area contributed by atoms with E-state index in [-0.39, 0.29) is 24.3 Å². The summed E-state index contributed by atoms with van der Waals surface area (Å²) >= 11 is 0. The first-order valence-electron chi connectivity index (χ1n) is 7.49. The average molecular weight is 317 g/mol. The predicted octanol–water partition coefficient (Wildman–Crippen LogP) is 0.803. The van der Waals surface area contributed by atoms with Gasteiger partial charge in [-0.2, -0.15) is 0 Å². The van der Waals surface area contributed by atoms with E-state index in [2.05, 4.69) is 4.74 Å². The second-order valence-electron chi connectivity index (χ2n) is 6.08. The standard InChI is InChI=1S/C16H19N3O4/c1-17(2)13-5-3-12(4-6-13)15(21)18-7-11(8-18)9-19-14(20)10-23-16(19)22/h3-6,11H,7-10H2,1-2H3. The maximum Gasteiger partial charge on any atom is 0.417 e. The van der Waals surface area contributed by atoms with Crippen LogP contribution in [0.5, 0.6) is 0 Å². The number of benzene rings is 1. The summed E-state index contributed by atoms with van der Waals surface area (Å²) in [4.78, 5) is 40.0. The summed E-state index contributed by atoms with van der Waals surface area (Å²) in [5, 5.41) is 0. The molecule has 2 aliphatic rings. The van der Waals surface area contributed by atoms with E-state index in [0.29, 0.717) is 25.2 Å². The summed E-state index contributed by atoms with van der Waals surface area (Å²) in [6, 6.07) is 7.44. The second-order valence-corrected chi connectivity index (χ2v) is 6.08. The number of carbonyl (C=O) groups excluding carboxylic acids is 3. The van der Waals surface area contributed by atoms with Crippen LogP contribution in [-0.2, 0) is 9.53 Å². The lowest BCUT2D eigenvalue weighted by Gasteiger charge is -2.40. The van der Waals surface area contributed by atoms with Gasteiger partial charge in [-0.15, -0.1) is 0 Å². The Hall–Kier alpha value is -2.57. The number of cyclic esters (lactones) is 1. The maximum atomic E-state index is 12.4. The van der Waals surface area contributed by atoms with Crippen LogP contribution in [0.2, 0.25) is 0 Å². The van der Waals surface area contributed by atoms with Crippen LogP contribution in [-0.4, -0.2) is 68.0 Å². The molecule has 1 aromatic rings. The minimum Gasteiger partial charge on any atom is -0.439 e. The third kappa shape index (κ3) is 2.99. The van der Waals surface area contributed by atoms with Gasteiger partial charge in [-0.05, 0) is 24.3 Å². The van der Waals surface area contributed by atoms with Gasteiger partial charge in [0.15, 0.2) is 6.61 Å². The number of ether oxygens (including phenoxy) is 1. The van der Waals surface area contributed by atoms with Crippen LogP contribution in [0.1, 0.15) is 10.4 Å². The van der Waals surface area contributed by atoms with Crippen LogP contribution >= 0.6 is 0 Å². The summed E-state index contributed by atoms with van der Waals surface area (Å²) in [6.07, 6.45) is -0.584. The zero-order valence-corrected chi connectivity index (χ0v) is 13.2. The Balaban J connectivity index is 1.53. The van der Waals surface area contributed by atoms with Gasteiger partial charge < -0.3 is 14.5 Å². The molecule has 0 N–H and O–H groups in total. The molecule has 2 fully saturated rings. The fourth-order valence-corrected chi connectivity index (χ4v) is 2.75. The molecule has 0 saturated carbocycles. The Labute approximate surface area is 134 Å². The largest absolute Gasteiger partial charge is 0.439 e. The van der Waals surface area contributed by atoms with Gasteiger partial charge in [-0.3, -0.25) is 9.59 Å². The molecule has 2 heterocycles. The molecule has 2 saturated heterocycles. The fourth-order valence-electron chi connectivity index (χ4n) is 2.75. The molecule has 23 heavy (non-hydrogen) atoms. The molecule has 7 heteroatoms. The lowest BCUT2D eigenvalue weighted by molar-refractivity contribution is -0.126. The molecule has 0 unspecified atom stereocenters. The molecule has 3 rings (SSSR count). The number of rotatable bonds is 4. The number of anilines is 1. The zero-order valence-electron chi connectivity index (χ0n) is 13.2. The number of amides is 3. The van der Waals surface area contributed by atoms with Gasteiger partial charge in [0, 0.05) is 50.9 Å². The Morgan fingerprint density at radius 1 is 1.22 bits per heavy atom. The molecule has 1 aromatic carbocycles. The molecule has 7 nitrogen and oxygen atoms in total. The Kier molecular flexibility index (Phi) is 3.94. The van der Waals surface area contributed by atoms with E-state index >= 15 is 0 Å². The number of hydrogen-bond acceptors (Lipinski definition) is 5. The monoisotopic (exact) mass is 317 g/mol. The van der Waals surface area contributed by atoms with Crippen LogP contribution in [0.15, 0.2) is 24.3 Å². The molecule has 122 valence electrons. The van der Waals surface area contributed by atoms with E-state index in [1.54, 1.807) is 4.90 Å². The molecule has 0 aliphatic carbocycles. The average Bonchev–Trinajstić information content (AvgIpc) is 2.81. The number of hydrogen-bond donors (Lipinski definition) is 0. The lowest BCUT2D eigenvalue weighted by atomic mass is 9.98. The van der Waals surface area contributed by atoms with Crippen molar-refractivity contribution in [1.29, 1.82) is 0 Å². The number of likely N-dealkylation sites (tertiary alicyclic amines) is 1. The Morgan fingerprint density at radius 3 is 2.39 bits per heavy atom. The van der Waals surface area contributed by atoms with Crippen molar-refractivity contribution in [3.8, 4) is 0 Å². The highest BCUT2D eigenvalue weighted by atomic mass is 16.6. The fraction of sp³-hybridized carbons (Fsp3) is 0.438. The molecule has 0 aromatic heterocycles. The van der Waals surface area contributed by atoms with Crippen molar-refractivity contribution in [2.24, 2.45) is 5.92 Å². The van der Waals surface area contributed by atoms with Crippen molar-refractivity contribution < 1.29 is 19.1 Å². The minimum atomic E-state index is -0.584. The first kappa shape index (κ1) is 15.3. The van der Waals surface area contributed by atoms with Crippen molar-refractivity contribution >= 4 is 23.6 Å². The van der Waals surface area contributed by atoms with Crippen LogP contribution in [0.3, 0.4) is 0 Å². The Bertz CT molecular complexity index is 619. The van der Waals surface area contributed by atoms with Crippen molar-refractivity contribution in [2.45, 2.75) is 0 Å². The number of nitrogens with zero attached hydrogens (tertiary/aromatic N) is 3. The molecule has 0 spiro atoms. The van der Waals surface area contributed by atoms with Gasteiger partial charge >= 0.3 is 6.09 Å². The van der Waals surface area contributed by atoms with Gasteiger partial charge in [-0.1, -0.05) is 0 Å². The SMILES string of the molecule is CN(C)c1ccc(C(=O)N2CC(CN3C(=O)COC3=O)C2)cc1. The zero-order chi connectivity index (χ0) is 16.6. The number of imide groups is 1. The summed E-state index contributed by atoms with van der Waals surface area (Å²) in [5.74, 6) is -0.212.